The van der Waals surface area contributed by atoms with Crippen LogP contribution in [0, 0.1) is 11.3 Å². The Morgan fingerprint density at radius 1 is 1.29 bits per heavy atom. The predicted molar refractivity (Wildman–Crippen MR) is 107 cm³/mol. The van der Waals surface area contributed by atoms with Crippen LogP contribution in [0.4, 0.5) is 5.69 Å². The monoisotopic (exact) mass is 384 g/mol. The Hall–Kier alpha value is -3.76. The van der Waals surface area contributed by atoms with E-state index in [0.29, 0.717) is 28.2 Å². The first-order valence-corrected chi connectivity index (χ1v) is 9.40. The molecule has 0 bridgehead atoms. The Labute approximate surface area is 163 Å². The molecular weight excluding hydrogens is 372 g/mol. The standard InChI is InChI=1S/C21H12N4O2S/c22-8-14-10-24-19(20-16(14)4-6-28-20)21(26)25-15-2-1-12-9-23-18(17(12)7-15)13-3-5-27-11-13/h1-7,10-11H,9H2,(H,25,26). The molecule has 0 unspecified atom stereocenters. The summed E-state index contributed by atoms with van der Waals surface area (Å²) < 4.78 is 5.87. The summed E-state index contributed by atoms with van der Waals surface area (Å²) in [6, 6.07) is 11.6. The molecule has 6 nitrogen and oxygen atoms in total. The van der Waals surface area contributed by atoms with E-state index in [0.717, 1.165) is 27.8 Å². The third-order valence-corrected chi connectivity index (χ3v) is 5.57. The molecule has 0 spiro atoms. The van der Waals surface area contributed by atoms with Crippen molar-refractivity contribution in [3.8, 4) is 6.07 Å². The number of nitrogens with zero attached hydrogens (tertiary/aromatic N) is 3. The van der Waals surface area contributed by atoms with E-state index in [1.807, 2.05) is 35.7 Å². The van der Waals surface area contributed by atoms with Crippen molar-refractivity contribution in [2.45, 2.75) is 6.54 Å². The number of furan rings is 1. The quantitative estimate of drug-likeness (QED) is 0.568. The fourth-order valence-electron chi connectivity index (χ4n) is 3.31. The summed E-state index contributed by atoms with van der Waals surface area (Å²) >= 11 is 1.40. The van der Waals surface area contributed by atoms with E-state index >= 15 is 0 Å². The first-order chi connectivity index (χ1) is 13.7. The molecule has 0 saturated carbocycles. The lowest BCUT2D eigenvalue weighted by atomic mass is 10.0. The van der Waals surface area contributed by atoms with Gasteiger partial charge in [-0.1, -0.05) is 6.07 Å². The Bertz CT molecular complexity index is 1300. The molecule has 4 heterocycles. The number of carbonyl (C=O) groups is 1. The van der Waals surface area contributed by atoms with Crippen molar-refractivity contribution in [2.75, 3.05) is 5.32 Å². The van der Waals surface area contributed by atoms with Gasteiger partial charge >= 0.3 is 0 Å². The van der Waals surface area contributed by atoms with Gasteiger partial charge in [-0.15, -0.1) is 11.3 Å². The number of thiophene rings is 1. The van der Waals surface area contributed by atoms with Crippen LogP contribution in [0.2, 0.25) is 0 Å². The molecule has 0 atom stereocenters. The van der Waals surface area contributed by atoms with Gasteiger partial charge in [-0.25, -0.2) is 4.98 Å². The minimum Gasteiger partial charge on any atom is -0.472 e. The number of pyridine rings is 1. The van der Waals surface area contributed by atoms with Crippen LogP contribution in [0.15, 0.2) is 63.8 Å². The molecular formula is C21H12N4O2S. The lowest BCUT2D eigenvalue weighted by Crippen LogP contribution is -2.14. The largest absolute Gasteiger partial charge is 0.472 e. The SMILES string of the molecule is N#Cc1cnc(C(=O)Nc2ccc3c(c2)C(c2ccoc2)=NC3)c2sccc12. The van der Waals surface area contributed by atoms with Crippen LogP contribution in [0.1, 0.15) is 32.7 Å². The lowest BCUT2D eigenvalue weighted by Gasteiger charge is -2.09. The van der Waals surface area contributed by atoms with Gasteiger partial charge in [0.2, 0.25) is 0 Å². The van der Waals surface area contributed by atoms with Crippen molar-refractivity contribution in [1.82, 2.24) is 4.98 Å². The zero-order valence-corrected chi connectivity index (χ0v) is 15.3. The Morgan fingerprint density at radius 2 is 2.21 bits per heavy atom. The number of anilines is 1. The Kier molecular flexibility index (Phi) is 3.78. The van der Waals surface area contributed by atoms with Crippen molar-refractivity contribution in [3.63, 3.8) is 0 Å². The van der Waals surface area contributed by atoms with Crippen LogP contribution < -0.4 is 5.32 Å². The third-order valence-electron chi connectivity index (χ3n) is 4.65. The van der Waals surface area contributed by atoms with Crippen molar-refractivity contribution in [1.29, 1.82) is 5.26 Å². The summed E-state index contributed by atoms with van der Waals surface area (Å²) in [5.74, 6) is -0.309. The van der Waals surface area contributed by atoms with Crippen molar-refractivity contribution in [3.05, 3.63) is 82.4 Å². The second kappa shape index (κ2) is 6.44. The molecule has 1 aliphatic heterocycles. The van der Waals surface area contributed by atoms with Gasteiger partial charge in [0.05, 0.1) is 35.0 Å². The number of hydrogen-bond acceptors (Lipinski definition) is 6. The van der Waals surface area contributed by atoms with Gasteiger partial charge in [-0.3, -0.25) is 9.79 Å². The van der Waals surface area contributed by atoms with E-state index < -0.39 is 0 Å². The van der Waals surface area contributed by atoms with E-state index in [9.17, 15) is 10.1 Å². The van der Waals surface area contributed by atoms with Crippen LogP contribution in [0.3, 0.4) is 0 Å². The first-order valence-electron chi connectivity index (χ1n) is 8.52. The average Bonchev–Trinajstić information content (AvgIpc) is 3.46. The number of rotatable bonds is 3. The highest BCUT2D eigenvalue weighted by Gasteiger charge is 2.20. The predicted octanol–water partition coefficient (Wildman–Crippen LogP) is 4.36. The topological polar surface area (TPSA) is 91.3 Å². The summed E-state index contributed by atoms with van der Waals surface area (Å²) in [4.78, 5) is 21.6. The second-order valence-electron chi connectivity index (χ2n) is 6.30. The van der Waals surface area contributed by atoms with Gasteiger partial charge in [-0.2, -0.15) is 5.26 Å². The Balaban J connectivity index is 1.48. The maximum atomic E-state index is 12.8. The van der Waals surface area contributed by atoms with Crippen LogP contribution in [-0.2, 0) is 6.54 Å². The smallest absolute Gasteiger partial charge is 0.275 e. The number of aliphatic imine (C=N–C) groups is 1. The first kappa shape index (κ1) is 16.4. The third kappa shape index (κ3) is 2.59. The van der Waals surface area contributed by atoms with Crippen molar-refractivity contribution < 1.29 is 9.21 Å². The summed E-state index contributed by atoms with van der Waals surface area (Å²) in [5.41, 5.74) is 5.30. The summed E-state index contributed by atoms with van der Waals surface area (Å²) in [7, 11) is 0. The number of benzene rings is 1. The fraction of sp³-hybridized carbons (Fsp3) is 0.0476. The molecule has 0 fully saturated rings. The molecule has 0 saturated heterocycles. The molecule has 1 amide bonds. The molecule has 7 heteroatoms. The number of hydrogen-bond donors (Lipinski definition) is 1. The highest BCUT2D eigenvalue weighted by atomic mass is 32.1. The van der Waals surface area contributed by atoms with Gasteiger partial charge in [-0.05, 0) is 35.2 Å². The number of aromatic nitrogens is 1. The molecule has 134 valence electrons. The zero-order chi connectivity index (χ0) is 19.1. The van der Waals surface area contributed by atoms with E-state index in [4.69, 9.17) is 4.42 Å². The van der Waals surface area contributed by atoms with E-state index in [1.54, 1.807) is 12.5 Å². The molecule has 1 aliphatic rings. The Morgan fingerprint density at radius 3 is 3.04 bits per heavy atom. The zero-order valence-electron chi connectivity index (χ0n) is 14.5. The molecule has 0 aliphatic carbocycles. The van der Waals surface area contributed by atoms with Gasteiger partial charge in [0.15, 0.2) is 0 Å². The number of fused-ring (bicyclic) bond motifs is 2. The molecule has 3 aromatic heterocycles. The summed E-state index contributed by atoms with van der Waals surface area (Å²) in [5, 5.41) is 14.7. The maximum absolute atomic E-state index is 12.8. The lowest BCUT2D eigenvalue weighted by molar-refractivity contribution is 0.102. The van der Waals surface area contributed by atoms with Crippen LogP contribution in [0.5, 0.6) is 0 Å². The highest BCUT2D eigenvalue weighted by Crippen LogP contribution is 2.29. The molecule has 4 aromatic rings. The molecule has 5 rings (SSSR count). The molecule has 1 N–H and O–H groups in total. The molecule has 1 aromatic carbocycles. The van der Waals surface area contributed by atoms with Crippen LogP contribution in [0.25, 0.3) is 10.1 Å². The summed E-state index contributed by atoms with van der Waals surface area (Å²) in [6.07, 6.45) is 4.72. The van der Waals surface area contributed by atoms with Crippen LogP contribution >= 0.6 is 11.3 Å². The maximum Gasteiger partial charge on any atom is 0.275 e. The average molecular weight is 384 g/mol. The van der Waals surface area contributed by atoms with Crippen molar-refractivity contribution >= 4 is 38.7 Å². The van der Waals surface area contributed by atoms with E-state index in [-0.39, 0.29) is 5.91 Å². The fourth-order valence-corrected chi connectivity index (χ4v) is 4.21. The minimum atomic E-state index is -0.309. The summed E-state index contributed by atoms with van der Waals surface area (Å²) in [6.45, 7) is 0.608. The van der Waals surface area contributed by atoms with Crippen molar-refractivity contribution in [2.24, 2.45) is 4.99 Å². The number of nitrogens with one attached hydrogen (secondary N) is 1. The second-order valence-corrected chi connectivity index (χ2v) is 7.21. The highest BCUT2D eigenvalue weighted by molar-refractivity contribution is 7.17. The number of nitriles is 1. The number of amides is 1. The normalized spacial score (nSPS) is 12.5. The van der Waals surface area contributed by atoms with Crippen LogP contribution in [-0.4, -0.2) is 16.6 Å². The van der Waals surface area contributed by atoms with Gasteiger partial charge in [0.1, 0.15) is 11.8 Å². The van der Waals surface area contributed by atoms with E-state index in [2.05, 4.69) is 21.4 Å². The molecule has 0 radical (unpaired) electrons. The minimum absolute atomic E-state index is 0.309. The molecule has 28 heavy (non-hydrogen) atoms. The van der Waals surface area contributed by atoms with Gasteiger partial charge < -0.3 is 9.73 Å². The van der Waals surface area contributed by atoms with Gasteiger partial charge in [0, 0.05) is 28.4 Å². The van der Waals surface area contributed by atoms with E-state index in [1.165, 1.54) is 17.5 Å². The van der Waals surface area contributed by atoms with Gasteiger partial charge in [0.25, 0.3) is 5.91 Å². The number of carbonyl (C=O) groups excluding carboxylic acids is 1.